The maximum absolute atomic E-state index is 12.5. The first kappa shape index (κ1) is 15.5. The molecule has 0 spiro atoms. The number of fused-ring (bicyclic) bond motifs is 1. The highest BCUT2D eigenvalue weighted by Crippen LogP contribution is 2.18. The quantitative estimate of drug-likeness (QED) is 0.945. The number of hydrogen-bond donors (Lipinski definition) is 1. The van der Waals surface area contributed by atoms with Gasteiger partial charge in [0.15, 0.2) is 0 Å². The van der Waals surface area contributed by atoms with Crippen LogP contribution in [0, 0.1) is 5.92 Å². The van der Waals surface area contributed by atoms with Crippen LogP contribution < -0.4 is 5.32 Å². The number of piperidine rings is 1. The SMILES string of the molecule is CC(=O)N1CCC(CNC(=O)c2ccnc3ccccc23)CC1. The van der Waals surface area contributed by atoms with Crippen molar-refractivity contribution in [2.75, 3.05) is 19.6 Å². The summed E-state index contributed by atoms with van der Waals surface area (Å²) < 4.78 is 0. The van der Waals surface area contributed by atoms with Gasteiger partial charge in [-0.1, -0.05) is 18.2 Å². The second kappa shape index (κ2) is 6.77. The van der Waals surface area contributed by atoms with Crippen molar-refractivity contribution < 1.29 is 9.59 Å². The molecular formula is C18H21N3O2. The summed E-state index contributed by atoms with van der Waals surface area (Å²) in [5.74, 6) is 0.510. The normalized spacial score (nSPS) is 15.6. The summed E-state index contributed by atoms with van der Waals surface area (Å²) in [5, 5.41) is 3.91. The van der Waals surface area contributed by atoms with E-state index in [9.17, 15) is 9.59 Å². The molecule has 2 amide bonds. The number of benzene rings is 1. The molecule has 5 nitrogen and oxygen atoms in total. The summed E-state index contributed by atoms with van der Waals surface area (Å²) in [5.41, 5.74) is 1.49. The molecule has 1 fully saturated rings. The molecule has 23 heavy (non-hydrogen) atoms. The van der Waals surface area contributed by atoms with Crippen molar-refractivity contribution in [2.24, 2.45) is 5.92 Å². The molecule has 5 heteroatoms. The lowest BCUT2D eigenvalue weighted by atomic mass is 9.96. The Morgan fingerprint density at radius 3 is 2.70 bits per heavy atom. The van der Waals surface area contributed by atoms with E-state index in [1.165, 1.54) is 0 Å². The molecule has 1 aliphatic heterocycles. The number of carbonyl (C=O) groups is 2. The van der Waals surface area contributed by atoms with E-state index < -0.39 is 0 Å². The molecule has 2 aromatic rings. The summed E-state index contributed by atoms with van der Waals surface area (Å²) in [7, 11) is 0. The third-order valence-corrected chi connectivity index (χ3v) is 4.50. The Balaban J connectivity index is 1.60. The minimum absolute atomic E-state index is 0.0578. The van der Waals surface area contributed by atoms with E-state index in [1.807, 2.05) is 29.2 Å². The molecule has 0 bridgehead atoms. The number of nitrogens with zero attached hydrogens (tertiary/aromatic N) is 2. The van der Waals surface area contributed by atoms with Crippen LogP contribution in [0.5, 0.6) is 0 Å². The molecule has 1 aliphatic rings. The molecule has 0 aliphatic carbocycles. The third kappa shape index (κ3) is 3.50. The number of aromatic nitrogens is 1. The lowest BCUT2D eigenvalue weighted by Gasteiger charge is -2.31. The predicted octanol–water partition coefficient (Wildman–Crippen LogP) is 2.22. The smallest absolute Gasteiger partial charge is 0.252 e. The van der Waals surface area contributed by atoms with Gasteiger partial charge in [0.05, 0.1) is 11.1 Å². The van der Waals surface area contributed by atoms with E-state index in [-0.39, 0.29) is 11.8 Å². The Morgan fingerprint density at radius 1 is 1.22 bits per heavy atom. The fourth-order valence-electron chi connectivity index (χ4n) is 3.08. The first-order chi connectivity index (χ1) is 11.1. The highest BCUT2D eigenvalue weighted by molar-refractivity contribution is 6.05. The molecule has 120 valence electrons. The Bertz CT molecular complexity index is 716. The van der Waals surface area contributed by atoms with Gasteiger partial charge in [-0.15, -0.1) is 0 Å². The number of hydrogen-bond acceptors (Lipinski definition) is 3. The van der Waals surface area contributed by atoms with E-state index in [0.29, 0.717) is 18.0 Å². The number of likely N-dealkylation sites (tertiary alicyclic amines) is 1. The summed E-state index contributed by atoms with van der Waals surface area (Å²) in [6.07, 6.45) is 3.55. The largest absolute Gasteiger partial charge is 0.352 e. The summed E-state index contributed by atoms with van der Waals surface area (Å²) >= 11 is 0. The van der Waals surface area contributed by atoms with Crippen LogP contribution in [0.2, 0.25) is 0 Å². The van der Waals surface area contributed by atoms with Gasteiger partial charge in [0.25, 0.3) is 5.91 Å². The molecule has 0 atom stereocenters. The van der Waals surface area contributed by atoms with Crippen molar-refractivity contribution in [2.45, 2.75) is 19.8 Å². The number of rotatable bonds is 3. The van der Waals surface area contributed by atoms with E-state index in [4.69, 9.17) is 0 Å². The van der Waals surface area contributed by atoms with Crippen LogP contribution in [-0.4, -0.2) is 41.3 Å². The monoisotopic (exact) mass is 311 g/mol. The number of pyridine rings is 1. The number of nitrogens with one attached hydrogen (secondary N) is 1. The maximum atomic E-state index is 12.5. The highest BCUT2D eigenvalue weighted by Gasteiger charge is 2.21. The van der Waals surface area contributed by atoms with Crippen LogP contribution in [0.15, 0.2) is 36.5 Å². The first-order valence-corrected chi connectivity index (χ1v) is 8.02. The zero-order valence-corrected chi connectivity index (χ0v) is 13.3. The van der Waals surface area contributed by atoms with Gasteiger partial charge in [0.1, 0.15) is 0 Å². The van der Waals surface area contributed by atoms with Gasteiger partial charge in [-0.25, -0.2) is 0 Å². The predicted molar refractivity (Wildman–Crippen MR) is 89.1 cm³/mol. The minimum Gasteiger partial charge on any atom is -0.352 e. The Kier molecular flexibility index (Phi) is 4.55. The fraction of sp³-hybridized carbons (Fsp3) is 0.389. The second-order valence-electron chi connectivity index (χ2n) is 6.04. The van der Waals surface area contributed by atoms with Crippen LogP contribution in [0.3, 0.4) is 0 Å². The average Bonchev–Trinajstić information content (AvgIpc) is 2.59. The third-order valence-electron chi connectivity index (χ3n) is 4.50. The molecule has 1 N–H and O–H groups in total. The zero-order valence-electron chi connectivity index (χ0n) is 13.3. The van der Waals surface area contributed by atoms with Crippen LogP contribution in [0.4, 0.5) is 0 Å². The Labute approximate surface area is 135 Å². The van der Waals surface area contributed by atoms with E-state index in [1.54, 1.807) is 19.2 Å². The van der Waals surface area contributed by atoms with Gasteiger partial charge in [0, 0.05) is 38.1 Å². The average molecular weight is 311 g/mol. The lowest BCUT2D eigenvalue weighted by Crippen LogP contribution is -2.40. The van der Waals surface area contributed by atoms with Crippen LogP contribution >= 0.6 is 0 Å². The van der Waals surface area contributed by atoms with Crippen molar-refractivity contribution in [3.8, 4) is 0 Å². The Hall–Kier alpha value is -2.43. The molecule has 3 rings (SSSR count). The van der Waals surface area contributed by atoms with E-state index >= 15 is 0 Å². The van der Waals surface area contributed by atoms with Crippen molar-refractivity contribution in [3.05, 3.63) is 42.1 Å². The van der Waals surface area contributed by atoms with E-state index in [0.717, 1.165) is 36.8 Å². The molecule has 0 saturated carbocycles. The van der Waals surface area contributed by atoms with Gasteiger partial charge in [-0.05, 0) is 30.9 Å². The van der Waals surface area contributed by atoms with Crippen molar-refractivity contribution in [3.63, 3.8) is 0 Å². The number of para-hydroxylation sites is 1. The standard InChI is InChI=1S/C18H21N3O2/c1-13(22)21-10-7-14(8-11-21)12-20-18(23)16-6-9-19-17-5-3-2-4-15(16)17/h2-6,9,14H,7-8,10-12H2,1H3,(H,20,23). The summed E-state index contributed by atoms with van der Waals surface area (Å²) in [6.45, 7) is 3.83. The zero-order chi connectivity index (χ0) is 16.2. The highest BCUT2D eigenvalue weighted by atomic mass is 16.2. The van der Waals surface area contributed by atoms with Crippen molar-refractivity contribution in [1.82, 2.24) is 15.2 Å². The van der Waals surface area contributed by atoms with Crippen LogP contribution in [0.25, 0.3) is 10.9 Å². The van der Waals surface area contributed by atoms with Gasteiger partial charge in [-0.2, -0.15) is 0 Å². The Morgan fingerprint density at radius 2 is 1.96 bits per heavy atom. The van der Waals surface area contributed by atoms with Crippen molar-refractivity contribution in [1.29, 1.82) is 0 Å². The molecule has 1 aromatic heterocycles. The van der Waals surface area contributed by atoms with Gasteiger partial charge < -0.3 is 10.2 Å². The van der Waals surface area contributed by atoms with E-state index in [2.05, 4.69) is 10.3 Å². The number of carbonyl (C=O) groups excluding carboxylic acids is 2. The first-order valence-electron chi connectivity index (χ1n) is 8.02. The van der Waals surface area contributed by atoms with Gasteiger partial charge in [-0.3, -0.25) is 14.6 Å². The molecule has 2 heterocycles. The summed E-state index contributed by atoms with van der Waals surface area (Å²) in [6, 6.07) is 9.42. The second-order valence-corrected chi connectivity index (χ2v) is 6.04. The van der Waals surface area contributed by atoms with Gasteiger partial charge >= 0.3 is 0 Å². The topological polar surface area (TPSA) is 62.3 Å². The minimum atomic E-state index is -0.0578. The lowest BCUT2D eigenvalue weighted by molar-refractivity contribution is -0.130. The maximum Gasteiger partial charge on any atom is 0.252 e. The summed E-state index contributed by atoms with van der Waals surface area (Å²) in [4.78, 5) is 30.0. The molecule has 1 aromatic carbocycles. The van der Waals surface area contributed by atoms with Crippen LogP contribution in [0.1, 0.15) is 30.1 Å². The molecule has 1 saturated heterocycles. The van der Waals surface area contributed by atoms with Crippen molar-refractivity contribution >= 4 is 22.7 Å². The number of amides is 2. The fourth-order valence-corrected chi connectivity index (χ4v) is 3.08. The molecular weight excluding hydrogens is 290 g/mol. The van der Waals surface area contributed by atoms with Crippen LogP contribution in [-0.2, 0) is 4.79 Å². The van der Waals surface area contributed by atoms with Gasteiger partial charge in [0.2, 0.25) is 5.91 Å². The molecule has 0 radical (unpaired) electrons. The molecule has 0 unspecified atom stereocenters.